The van der Waals surface area contributed by atoms with E-state index in [0.717, 1.165) is 16.7 Å². The van der Waals surface area contributed by atoms with Gasteiger partial charge >= 0.3 is 0 Å². The first-order valence-corrected chi connectivity index (χ1v) is 6.01. The predicted molar refractivity (Wildman–Crippen MR) is 72.3 cm³/mol. The Kier molecular flexibility index (Phi) is 3.97. The van der Waals surface area contributed by atoms with Crippen LogP contribution in [0.3, 0.4) is 0 Å². The topological polar surface area (TPSA) is 71.5 Å². The summed E-state index contributed by atoms with van der Waals surface area (Å²) < 4.78 is 5.13. The molecule has 0 saturated carbocycles. The molecule has 1 amide bonds. The van der Waals surface area contributed by atoms with E-state index in [1.807, 2.05) is 12.1 Å². The molecule has 5 nitrogen and oxygen atoms in total. The van der Waals surface area contributed by atoms with Gasteiger partial charge in [-0.15, -0.1) is 0 Å². The number of benzene rings is 1. The maximum absolute atomic E-state index is 11.8. The fourth-order valence-corrected chi connectivity index (χ4v) is 1.69. The summed E-state index contributed by atoms with van der Waals surface area (Å²) in [6.45, 7) is 1.82. The van der Waals surface area contributed by atoms with Crippen molar-refractivity contribution in [2.45, 2.75) is 13.0 Å². The van der Waals surface area contributed by atoms with Crippen LogP contribution >= 0.6 is 0 Å². The molecular formula is C14H16N2O3. The first kappa shape index (κ1) is 13.3. The molecule has 1 unspecified atom stereocenters. The maximum Gasteiger partial charge on any atom is 0.269 e. The third kappa shape index (κ3) is 3.20. The summed E-state index contributed by atoms with van der Waals surface area (Å²) in [5.41, 5.74) is 1.06. The predicted octanol–water partition coefficient (Wildman–Crippen LogP) is 1.35. The van der Waals surface area contributed by atoms with Crippen molar-refractivity contribution in [2.24, 2.45) is 0 Å². The van der Waals surface area contributed by atoms with Gasteiger partial charge in [-0.05, 0) is 31.2 Å². The lowest BCUT2D eigenvalue weighted by molar-refractivity contribution is 0.0919. The van der Waals surface area contributed by atoms with E-state index in [9.17, 15) is 4.79 Å². The molecule has 0 aliphatic carbocycles. The number of aromatic nitrogens is 1. The lowest BCUT2D eigenvalue weighted by Gasteiger charge is -2.07. The normalized spacial score (nSPS) is 12.2. The molecule has 0 aliphatic rings. The average molecular weight is 260 g/mol. The zero-order chi connectivity index (χ0) is 13.8. The van der Waals surface area contributed by atoms with Crippen molar-refractivity contribution in [2.75, 3.05) is 13.7 Å². The summed E-state index contributed by atoms with van der Waals surface area (Å²) in [5.74, 6) is 0.458. The van der Waals surface area contributed by atoms with E-state index in [0.29, 0.717) is 5.69 Å². The highest BCUT2D eigenvalue weighted by Gasteiger charge is 2.09. The largest absolute Gasteiger partial charge is 0.497 e. The number of hydrogen-bond acceptors (Lipinski definition) is 4. The summed E-state index contributed by atoms with van der Waals surface area (Å²) in [5, 5.41) is 12.6. The molecule has 1 heterocycles. The van der Waals surface area contributed by atoms with Gasteiger partial charge in [-0.1, -0.05) is 6.07 Å². The third-order valence-electron chi connectivity index (χ3n) is 2.69. The molecule has 0 saturated heterocycles. The van der Waals surface area contributed by atoms with Gasteiger partial charge in [-0.3, -0.25) is 4.79 Å². The van der Waals surface area contributed by atoms with Gasteiger partial charge in [0.15, 0.2) is 0 Å². The fourth-order valence-electron chi connectivity index (χ4n) is 1.69. The molecule has 2 N–H and O–H groups in total. The molecule has 1 aromatic carbocycles. The summed E-state index contributed by atoms with van der Waals surface area (Å²) in [6, 6.07) is 8.94. The highest BCUT2D eigenvalue weighted by atomic mass is 16.5. The van der Waals surface area contributed by atoms with E-state index >= 15 is 0 Å². The number of carbonyl (C=O) groups excluding carboxylic acids is 1. The molecule has 1 aromatic heterocycles. The molecule has 0 radical (unpaired) electrons. The molecule has 0 bridgehead atoms. The molecule has 5 heteroatoms. The number of carbonyl (C=O) groups is 1. The number of ether oxygens (including phenoxy) is 1. The highest BCUT2D eigenvalue weighted by molar-refractivity contribution is 5.95. The van der Waals surface area contributed by atoms with E-state index in [1.54, 1.807) is 32.2 Å². The van der Waals surface area contributed by atoms with Crippen LogP contribution in [0.15, 0.2) is 30.3 Å². The summed E-state index contributed by atoms with van der Waals surface area (Å²) in [6.07, 6.45) is -0.575. The van der Waals surface area contributed by atoms with Crippen molar-refractivity contribution in [1.82, 2.24) is 10.3 Å². The zero-order valence-electron chi connectivity index (χ0n) is 10.9. The smallest absolute Gasteiger partial charge is 0.269 e. The van der Waals surface area contributed by atoms with E-state index in [4.69, 9.17) is 9.84 Å². The van der Waals surface area contributed by atoms with Crippen molar-refractivity contribution in [1.29, 1.82) is 0 Å². The van der Waals surface area contributed by atoms with Crippen molar-refractivity contribution in [3.63, 3.8) is 0 Å². The number of pyridine rings is 1. The van der Waals surface area contributed by atoms with Crippen LogP contribution in [0.25, 0.3) is 10.9 Å². The number of hydrogen-bond donors (Lipinski definition) is 2. The molecule has 100 valence electrons. The van der Waals surface area contributed by atoms with E-state index in [2.05, 4.69) is 10.3 Å². The van der Waals surface area contributed by atoms with E-state index in [-0.39, 0.29) is 12.5 Å². The van der Waals surface area contributed by atoms with Crippen LogP contribution in [0, 0.1) is 0 Å². The lowest BCUT2D eigenvalue weighted by Crippen LogP contribution is -2.31. The summed E-state index contributed by atoms with van der Waals surface area (Å²) in [4.78, 5) is 16.1. The third-order valence-corrected chi connectivity index (χ3v) is 2.69. The maximum atomic E-state index is 11.8. The first-order valence-electron chi connectivity index (χ1n) is 6.01. The van der Waals surface area contributed by atoms with Crippen LogP contribution < -0.4 is 10.1 Å². The second kappa shape index (κ2) is 5.67. The van der Waals surface area contributed by atoms with Crippen LogP contribution in [0.5, 0.6) is 5.75 Å². The number of amides is 1. The number of nitrogens with one attached hydrogen (secondary N) is 1. The SMILES string of the molecule is COc1ccc2nc(C(=O)NCC(C)O)ccc2c1. The van der Waals surface area contributed by atoms with Crippen LogP contribution in [0.2, 0.25) is 0 Å². The summed E-state index contributed by atoms with van der Waals surface area (Å²) in [7, 11) is 1.60. The van der Waals surface area contributed by atoms with Gasteiger partial charge in [0.25, 0.3) is 5.91 Å². The standard InChI is InChI=1S/C14H16N2O3/c1-9(17)8-15-14(18)13-5-3-10-7-11(19-2)4-6-12(10)16-13/h3-7,9,17H,8H2,1-2H3,(H,15,18). The zero-order valence-corrected chi connectivity index (χ0v) is 10.9. The minimum atomic E-state index is -0.575. The molecule has 1 atom stereocenters. The second-order valence-corrected chi connectivity index (χ2v) is 4.31. The van der Waals surface area contributed by atoms with Crippen LogP contribution in [0.4, 0.5) is 0 Å². The number of methoxy groups -OCH3 is 1. The van der Waals surface area contributed by atoms with Gasteiger partial charge in [-0.2, -0.15) is 0 Å². The van der Waals surface area contributed by atoms with Crippen molar-refractivity contribution in [3.05, 3.63) is 36.0 Å². The molecular weight excluding hydrogens is 244 g/mol. The van der Waals surface area contributed by atoms with Gasteiger partial charge in [0.2, 0.25) is 0 Å². The molecule has 2 rings (SSSR count). The Morgan fingerprint density at radius 2 is 2.21 bits per heavy atom. The lowest BCUT2D eigenvalue weighted by atomic mass is 10.2. The number of fused-ring (bicyclic) bond motifs is 1. The van der Waals surface area contributed by atoms with Gasteiger partial charge in [0.05, 0.1) is 18.7 Å². The van der Waals surface area contributed by atoms with Crippen molar-refractivity contribution < 1.29 is 14.6 Å². The first-order chi connectivity index (χ1) is 9.10. The van der Waals surface area contributed by atoms with Crippen LogP contribution in [-0.4, -0.2) is 35.8 Å². The molecule has 0 spiro atoms. The highest BCUT2D eigenvalue weighted by Crippen LogP contribution is 2.19. The fraction of sp³-hybridized carbons (Fsp3) is 0.286. The Bertz CT molecular complexity index is 596. The Labute approximate surface area is 111 Å². The number of nitrogens with zero attached hydrogens (tertiary/aromatic N) is 1. The van der Waals surface area contributed by atoms with Gasteiger partial charge in [0.1, 0.15) is 11.4 Å². The Hall–Kier alpha value is -2.14. The van der Waals surface area contributed by atoms with E-state index in [1.165, 1.54) is 0 Å². The number of rotatable bonds is 4. The summed E-state index contributed by atoms with van der Waals surface area (Å²) >= 11 is 0. The average Bonchev–Trinajstić information content (AvgIpc) is 2.43. The molecule has 19 heavy (non-hydrogen) atoms. The number of aliphatic hydroxyl groups is 1. The van der Waals surface area contributed by atoms with Crippen LogP contribution in [-0.2, 0) is 0 Å². The minimum Gasteiger partial charge on any atom is -0.497 e. The van der Waals surface area contributed by atoms with E-state index < -0.39 is 6.10 Å². The number of aliphatic hydroxyl groups excluding tert-OH is 1. The second-order valence-electron chi connectivity index (χ2n) is 4.31. The Morgan fingerprint density at radius 1 is 1.42 bits per heavy atom. The Balaban J connectivity index is 2.24. The molecule has 0 fully saturated rings. The van der Waals surface area contributed by atoms with Crippen molar-refractivity contribution in [3.8, 4) is 5.75 Å². The molecule has 0 aliphatic heterocycles. The van der Waals surface area contributed by atoms with Crippen LogP contribution in [0.1, 0.15) is 17.4 Å². The quantitative estimate of drug-likeness (QED) is 0.870. The van der Waals surface area contributed by atoms with Gasteiger partial charge in [0, 0.05) is 11.9 Å². The Morgan fingerprint density at radius 3 is 2.89 bits per heavy atom. The van der Waals surface area contributed by atoms with Gasteiger partial charge in [-0.25, -0.2) is 4.98 Å². The monoisotopic (exact) mass is 260 g/mol. The van der Waals surface area contributed by atoms with Crippen molar-refractivity contribution >= 4 is 16.8 Å². The minimum absolute atomic E-state index is 0.209. The van der Waals surface area contributed by atoms with Gasteiger partial charge < -0.3 is 15.2 Å². The molecule has 2 aromatic rings.